The van der Waals surface area contributed by atoms with Gasteiger partial charge in [0, 0.05) is 11.9 Å². The van der Waals surface area contributed by atoms with Crippen molar-refractivity contribution in [1.82, 2.24) is 8.97 Å². The molecule has 3 heterocycles. The standard InChI is InChI=1S/C30H22N2O5/c1-2-36-29(34)22-17-25(27(33)21-16-20-12-6-9-15-26(20)37-30(21)35)32-24-14-8-7-13-23(24)31(28(22)32)18-19-10-4-3-5-11-19/h3-17H,2,18H2,1H3. The Hall–Kier alpha value is -4.91. The molecule has 6 rings (SSSR count). The van der Waals surface area contributed by atoms with E-state index in [1.54, 1.807) is 29.5 Å². The van der Waals surface area contributed by atoms with Gasteiger partial charge in [0.05, 0.1) is 23.3 Å². The van der Waals surface area contributed by atoms with Crippen molar-refractivity contribution in [2.45, 2.75) is 13.5 Å². The van der Waals surface area contributed by atoms with Crippen LogP contribution in [0.3, 0.4) is 0 Å². The van der Waals surface area contributed by atoms with Gasteiger partial charge in [0.15, 0.2) is 0 Å². The Labute approximate surface area is 211 Å². The van der Waals surface area contributed by atoms with Gasteiger partial charge in [-0.1, -0.05) is 60.7 Å². The van der Waals surface area contributed by atoms with Crippen molar-refractivity contribution in [2.75, 3.05) is 6.61 Å². The highest BCUT2D eigenvalue weighted by atomic mass is 16.5. The Morgan fingerprint density at radius 2 is 1.54 bits per heavy atom. The summed E-state index contributed by atoms with van der Waals surface area (Å²) in [6, 6.07) is 27.5. The highest BCUT2D eigenvalue weighted by Gasteiger charge is 2.28. The second-order valence-electron chi connectivity index (χ2n) is 8.70. The van der Waals surface area contributed by atoms with Crippen molar-refractivity contribution in [3.05, 3.63) is 124 Å². The average Bonchev–Trinajstić information content (AvgIpc) is 3.46. The number of fused-ring (bicyclic) bond motifs is 4. The first-order valence-corrected chi connectivity index (χ1v) is 12.0. The first-order chi connectivity index (χ1) is 18.1. The van der Waals surface area contributed by atoms with Crippen LogP contribution < -0.4 is 5.63 Å². The molecule has 7 heteroatoms. The third-order valence-corrected chi connectivity index (χ3v) is 6.44. The quantitative estimate of drug-likeness (QED) is 0.176. The Morgan fingerprint density at radius 3 is 2.32 bits per heavy atom. The largest absolute Gasteiger partial charge is 0.462 e. The van der Waals surface area contributed by atoms with Crippen LogP contribution in [0.25, 0.3) is 27.6 Å². The van der Waals surface area contributed by atoms with Gasteiger partial charge in [-0.2, -0.15) is 0 Å². The van der Waals surface area contributed by atoms with Gasteiger partial charge in [-0.05, 0) is 42.8 Å². The summed E-state index contributed by atoms with van der Waals surface area (Å²) in [6.07, 6.45) is 0. The molecule has 0 unspecified atom stereocenters. The van der Waals surface area contributed by atoms with Gasteiger partial charge in [0.25, 0.3) is 0 Å². The lowest BCUT2D eigenvalue weighted by Crippen LogP contribution is -2.16. The number of nitrogens with zero attached hydrogens (tertiary/aromatic N) is 2. The molecule has 0 N–H and O–H groups in total. The highest BCUT2D eigenvalue weighted by molar-refractivity contribution is 6.13. The summed E-state index contributed by atoms with van der Waals surface area (Å²) in [4.78, 5) is 39.8. The van der Waals surface area contributed by atoms with E-state index in [1.807, 2.05) is 65.2 Å². The lowest BCUT2D eigenvalue weighted by Gasteiger charge is -2.08. The van der Waals surface area contributed by atoms with Crippen molar-refractivity contribution < 1.29 is 18.7 Å². The minimum atomic E-state index is -0.732. The fourth-order valence-corrected chi connectivity index (χ4v) is 4.82. The van der Waals surface area contributed by atoms with Crippen molar-refractivity contribution >= 4 is 39.4 Å². The first kappa shape index (κ1) is 22.5. The predicted molar refractivity (Wildman–Crippen MR) is 140 cm³/mol. The number of rotatable bonds is 6. The van der Waals surface area contributed by atoms with Gasteiger partial charge >= 0.3 is 11.6 Å². The molecule has 0 bridgehead atoms. The topological polar surface area (TPSA) is 82.9 Å². The fraction of sp³-hybridized carbons (Fsp3) is 0.100. The molecule has 0 fully saturated rings. The molecule has 0 spiro atoms. The zero-order chi connectivity index (χ0) is 25.5. The summed E-state index contributed by atoms with van der Waals surface area (Å²) in [6.45, 7) is 2.39. The number of carbonyl (C=O) groups excluding carboxylic acids is 2. The molecule has 0 amide bonds. The van der Waals surface area contributed by atoms with Crippen LogP contribution in [0.15, 0.2) is 100 Å². The van der Waals surface area contributed by atoms with Gasteiger partial charge in [-0.25, -0.2) is 9.59 Å². The van der Waals surface area contributed by atoms with E-state index in [1.165, 1.54) is 12.1 Å². The second kappa shape index (κ2) is 8.95. The second-order valence-corrected chi connectivity index (χ2v) is 8.70. The van der Waals surface area contributed by atoms with E-state index in [9.17, 15) is 14.4 Å². The maximum absolute atomic E-state index is 13.9. The van der Waals surface area contributed by atoms with E-state index in [4.69, 9.17) is 9.15 Å². The molecule has 6 aromatic rings. The summed E-state index contributed by atoms with van der Waals surface area (Å²) in [7, 11) is 0. The Morgan fingerprint density at radius 1 is 0.838 bits per heavy atom. The number of hydrogen-bond donors (Lipinski definition) is 0. The smallest absolute Gasteiger partial charge is 0.347 e. The van der Waals surface area contributed by atoms with Crippen LogP contribution in [0.2, 0.25) is 0 Å². The van der Waals surface area contributed by atoms with Crippen LogP contribution in [0.4, 0.5) is 0 Å². The molecule has 3 aromatic carbocycles. The molecule has 0 aliphatic carbocycles. The monoisotopic (exact) mass is 490 g/mol. The maximum atomic E-state index is 13.9. The Bertz CT molecular complexity index is 1880. The lowest BCUT2D eigenvalue weighted by atomic mass is 10.1. The van der Waals surface area contributed by atoms with Crippen LogP contribution >= 0.6 is 0 Å². The molecular formula is C30H22N2O5. The summed E-state index contributed by atoms with van der Waals surface area (Å²) in [5.74, 6) is -1.07. The Balaban J connectivity index is 1.64. The molecule has 0 aliphatic rings. The molecule has 182 valence electrons. The normalized spacial score (nSPS) is 11.4. The van der Waals surface area contributed by atoms with Gasteiger partial charge in [-0.3, -0.25) is 9.20 Å². The zero-order valence-electron chi connectivity index (χ0n) is 20.0. The number of esters is 1. The average molecular weight is 491 g/mol. The van der Waals surface area contributed by atoms with E-state index in [0.29, 0.717) is 23.2 Å². The van der Waals surface area contributed by atoms with Crippen LogP contribution in [-0.4, -0.2) is 27.3 Å². The number of para-hydroxylation sites is 3. The lowest BCUT2D eigenvalue weighted by molar-refractivity contribution is 0.0528. The van der Waals surface area contributed by atoms with E-state index in [0.717, 1.165) is 16.6 Å². The molecule has 0 saturated heterocycles. The van der Waals surface area contributed by atoms with Crippen LogP contribution in [0, 0.1) is 0 Å². The van der Waals surface area contributed by atoms with E-state index in [2.05, 4.69) is 0 Å². The predicted octanol–water partition coefficient (Wildman–Crippen LogP) is 5.46. The van der Waals surface area contributed by atoms with Crippen molar-refractivity contribution in [3.8, 4) is 0 Å². The minimum absolute atomic E-state index is 0.103. The third-order valence-electron chi connectivity index (χ3n) is 6.44. The van der Waals surface area contributed by atoms with Gasteiger partial charge < -0.3 is 13.7 Å². The van der Waals surface area contributed by atoms with E-state index in [-0.39, 0.29) is 23.4 Å². The molecule has 0 atom stereocenters. The number of benzene rings is 3. The number of ether oxygens (including phenoxy) is 1. The number of hydrogen-bond acceptors (Lipinski definition) is 5. The molecule has 0 radical (unpaired) electrons. The molecule has 37 heavy (non-hydrogen) atoms. The minimum Gasteiger partial charge on any atom is -0.462 e. The third kappa shape index (κ3) is 3.72. The van der Waals surface area contributed by atoms with Crippen LogP contribution in [0.1, 0.15) is 38.9 Å². The van der Waals surface area contributed by atoms with Gasteiger partial charge in [-0.15, -0.1) is 0 Å². The molecular weight excluding hydrogens is 468 g/mol. The SMILES string of the molecule is CCOC(=O)c1cc(C(=O)c2cc3ccccc3oc2=O)n2c3ccccc3n(Cc3ccccc3)c12. The molecule has 0 aliphatic heterocycles. The van der Waals surface area contributed by atoms with E-state index >= 15 is 0 Å². The summed E-state index contributed by atoms with van der Waals surface area (Å²) >= 11 is 0. The van der Waals surface area contributed by atoms with Gasteiger partial charge in [0.2, 0.25) is 5.78 Å². The first-order valence-electron chi connectivity index (χ1n) is 12.0. The number of imidazole rings is 1. The molecule has 3 aromatic heterocycles. The van der Waals surface area contributed by atoms with Crippen molar-refractivity contribution in [1.29, 1.82) is 0 Å². The summed E-state index contributed by atoms with van der Waals surface area (Å²) < 4.78 is 14.5. The fourth-order valence-electron chi connectivity index (χ4n) is 4.82. The maximum Gasteiger partial charge on any atom is 0.347 e. The number of carbonyl (C=O) groups is 2. The number of aromatic nitrogens is 2. The summed E-state index contributed by atoms with van der Waals surface area (Å²) in [5, 5.41) is 0.635. The Kier molecular flexibility index (Phi) is 5.45. The van der Waals surface area contributed by atoms with Crippen LogP contribution in [0.5, 0.6) is 0 Å². The number of ketones is 1. The van der Waals surface area contributed by atoms with Crippen LogP contribution in [-0.2, 0) is 11.3 Å². The summed E-state index contributed by atoms with van der Waals surface area (Å²) in [5.41, 5.74) is 3.13. The van der Waals surface area contributed by atoms with Crippen molar-refractivity contribution in [3.63, 3.8) is 0 Å². The van der Waals surface area contributed by atoms with Gasteiger partial charge in [0.1, 0.15) is 22.4 Å². The zero-order valence-corrected chi connectivity index (χ0v) is 20.0. The molecule has 0 saturated carbocycles. The molecule has 7 nitrogen and oxygen atoms in total. The van der Waals surface area contributed by atoms with E-state index < -0.39 is 17.4 Å². The van der Waals surface area contributed by atoms with Crippen molar-refractivity contribution in [2.24, 2.45) is 0 Å². The highest BCUT2D eigenvalue weighted by Crippen LogP contribution is 2.30.